The van der Waals surface area contributed by atoms with Gasteiger partial charge in [0.15, 0.2) is 0 Å². The average Bonchev–Trinajstić information content (AvgIpc) is 2.26. The molecule has 0 bridgehead atoms. The molecule has 82 valence electrons. The molecule has 0 aliphatic rings. The molecule has 1 heterocycles. The molecule has 2 N–H and O–H groups in total. The first-order valence-electron chi connectivity index (χ1n) is 5.33. The standard InChI is InChI=1S/C13H14N2O/c1-3-9-10-6-4-5-7-11(10)15-8(2)12(9)13(14)16/h4-7H,3H2,1-2H3,(H2,14,16). The second-order valence-electron chi connectivity index (χ2n) is 3.79. The fourth-order valence-corrected chi connectivity index (χ4v) is 2.11. The molecule has 1 aromatic carbocycles. The average molecular weight is 214 g/mol. The molecule has 0 atom stereocenters. The van der Waals surface area contributed by atoms with Crippen LogP contribution in [0.1, 0.15) is 28.5 Å². The molecule has 1 aromatic heterocycles. The van der Waals surface area contributed by atoms with Gasteiger partial charge in [-0.25, -0.2) is 0 Å². The number of rotatable bonds is 2. The van der Waals surface area contributed by atoms with E-state index in [1.165, 1.54) is 0 Å². The minimum Gasteiger partial charge on any atom is -0.366 e. The Morgan fingerprint density at radius 2 is 2.06 bits per heavy atom. The Kier molecular flexibility index (Phi) is 2.60. The molecule has 0 fully saturated rings. The van der Waals surface area contributed by atoms with Crippen molar-refractivity contribution >= 4 is 16.8 Å². The molecule has 0 saturated heterocycles. The second kappa shape index (κ2) is 3.93. The van der Waals surface area contributed by atoms with E-state index in [-0.39, 0.29) is 0 Å². The number of amides is 1. The maximum atomic E-state index is 11.4. The minimum absolute atomic E-state index is 0.396. The third-order valence-electron chi connectivity index (χ3n) is 2.78. The number of carbonyl (C=O) groups excluding carboxylic acids is 1. The molecule has 0 radical (unpaired) electrons. The zero-order valence-corrected chi connectivity index (χ0v) is 9.45. The van der Waals surface area contributed by atoms with Gasteiger partial charge in [-0.3, -0.25) is 9.78 Å². The molecule has 3 heteroatoms. The summed E-state index contributed by atoms with van der Waals surface area (Å²) >= 11 is 0. The van der Waals surface area contributed by atoms with Crippen molar-refractivity contribution in [2.75, 3.05) is 0 Å². The number of fused-ring (bicyclic) bond motifs is 1. The summed E-state index contributed by atoms with van der Waals surface area (Å²) < 4.78 is 0. The fourth-order valence-electron chi connectivity index (χ4n) is 2.11. The Hall–Kier alpha value is -1.90. The van der Waals surface area contributed by atoms with Crippen LogP contribution in [0.25, 0.3) is 10.9 Å². The van der Waals surface area contributed by atoms with Gasteiger partial charge < -0.3 is 5.73 Å². The minimum atomic E-state index is -0.396. The van der Waals surface area contributed by atoms with E-state index in [0.29, 0.717) is 11.3 Å². The molecule has 2 rings (SSSR count). The summed E-state index contributed by atoms with van der Waals surface area (Å²) in [4.78, 5) is 15.8. The number of aryl methyl sites for hydroxylation is 2. The number of hydrogen-bond donors (Lipinski definition) is 1. The summed E-state index contributed by atoms with van der Waals surface area (Å²) in [6.07, 6.45) is 0.780. The molecule has 0 aliphatic carbocycles. The van der Waals surface area contributed by atoms with Crippen molar-refractivity contribution in [1.82, 2.24) is 4.98 Å². The quantitative estimate of drug-likeness (QED) is 0.833. The van der Waals surface area contributed by atoms with Crippen LogP contribution >= 0.6 is 0 Å². The van der Waals surface area contributed by atoms with E-state index in [4.69, 9.17) is 5.73 Å². The van der Waals surface area contributed by atoms with Crippen molar-refractivity contribution in [3.8, 4) is 0 Å². The van der Waals surface area contributed by atoms with Crippen molar-refractivity contribution in [2.24, 2.45) is 5.73 Å². The van der Waals surface area contributed by atoms with Crippen LogP contribution in [0.3, 0.4) is 0 Å². The third-order valence-corrected chi connectivity index (χ3v) is 2.78. The van der Waals surface area contributed by atoms with Crippen LogP contribution in [-0.4, -0.2) is 10.9 Å². The van der Waals surface area contributed by atoms with Gasteiger partial charge in [-0.15, -0.1) is 0 Å². The maximum Gasteiger partial charge on any atom is 0.250 e. The Balaban J connectivity index is 2.90. The summed E-state index contributed by atoms with van der Waals surface area (Å²) in [5.74, 6) is -0.396. The van der Waals surface area contributed by atoms with Gasteiger partial charge in [0.05, 0.1) is 16.8 Å². The zero-order valence-electron chi connectivity index (χ0n) is 9.45. The predicted octanol–water partition coefficient (Wildman–Crippen LogP) is 2.20. The highest BCUT2D eigenvalue weighted by molar-refractivity contribution is 6.00. The number of carbonyl (C=O) groups is 1. The lowest BCUT2D eigenvalue weighted by molar-refractivity contribution is 0.0998. The van der Waals surface area contributed by atoms with E-state index in [2.05, 4.69) is 4.98 Å². The molecule has 2 aromatic rings. The van der Waals surface area contributed by atoms with Crippen LogP contribution in [0.15, 0.2) is 24.3 Å². The first-order valence-corrected chi connectivity index (χ1v) is 5.33. The van der Waals surface area contributed by atoms with Gasteiger partial charge in [-0.05, 0) is 25.0 Å². The van der Waals surface area contributed by atoms with E-state index < -0.39 is 5.91 Å². The topological polar surface area (TPSA) is 56.0 Å². The lowest BCUT2D eigenvalue weighted by Crippen LogP contribution is -2.16. The monoisotopic (exact) mass is 214 g/mol. The van der Waals surface area contributed by atoms with Crippen molar-refractivity contribution in [3.63, 3.8) is 0 Å². The number of nitrogens with two attached hydrogens (primary N) is 1. The number of aromatic nitrogens is 1. The highest BCUT2D eigenvalue weighted by Crippen LogP contribution is 2.23. The lowest BCUT2D eigenvalue weighted by atomic mass is 9.98. The van der Waals surface area contributed by atoms with E-state index >= 15 is 0 Å². The first-order chi connectivity index (χ1) is 7.65. The number of primary amides is 1. The van der Waals surface area contributed by atoms with Crippen LogP contribution in [-0.2, 0) is 6.42 Å². The Bertz CT molecular complexity index is 561. The molecule has 0 aliphatic heterocycles. The maximum absolute atomic E-state index is 11.4. The van der Waals surface area contributed by atoms with E-state index in [9.17, 15) is 4.79 Å². The first kappa shape index (κ1) is 10.6. The molecular formula is C13H14N2O. The van der Waals surface area contributed by atoms with Gasteiger partial charge in [0.25, 0.3) is 5.91 Å². The van der Waals surface area contributed by atoms with Crippen molar-refractivity contribution in [1.29, 1.82) is 0 Å². The van der Waals surface area contributed by atoms with Crippen LogP contribution < -0.4 is 5.73 Å². The summed E-state index contributed by atoms with van der Waals surface area (Å²) in [6, 6.07) is 7.82. The summed E-state index contributed by atoms with van der Waals surface area (Å²) in [7, 11) is 0. The molecule has 0 saturated carbocycles. The Morgan fingerprint density at radius 3 is 2.69 bits per heavy atom. The van der Waals surface area contributed by atoms with E-state index in [1.54, 1.807) is 0 Å². The number of para-hydroxylation sites is 1. The number of hydrogen-bond acceptors (Lipinski definition) is 2. The molecule has 0 spiro atoms. The molecule has 3 nitrogen and oxygen atoms in total. The smallest absolute Gasteiger partial charge is 0.250 e. The zero-order chi connectivity index (χ0) is 11.7. The van der Waals surface area contributed by atoms with E-state index in [0.717, 1.165) is 22.9 Å². The SMILES string of the molecule is CCc1c(C(N)=O)c(C)nc2ccccc12. The number of benzene rings is 1. The highest BCUT2D eigenvalue weighted by atomic mass is 16.1. The number of pyridine rings is 1. The van der Waals surface area contributed by atoms with Gasteiger partial charge in [0.2, 0.25) is 0 Å². The van der Waals surface area contributed by atoms with Gasteiger partial charge >= 0.3 is 0 Å². The molecule has 0 unspecified atom stereocenters. The van der Waals surface area contributed by atoms with Gasteiger partial charge in [0, 0.05) is 5.39 Å². The molecular weight excluding hydrogens is 200 g/mol. The largest absolute Gasteiger partial charge is 0.366 e. The van der Waals surface area contributed by atoms with Crippen molar-refractivity contribution in [3.05, 3.63) is 41.1 Å². The van der Waals surface area contributed by atoms with Crippen LogP contribution in [0.5, 0.6) is 0 Å². The lowest BCUT2D eigenvalue weighted by Gasteiger charge is -2.11. The van der Waals surface area contributed by atoms with Gasteiger partial charge in [-0.2, -0.15) is 0 Å². The normalized spacial score (nSPS) is 10.6. The summed E-state index contributed by atoms with van der Waals surface area (Å²) in [5.41, 5.74) is 8.60. The third kappa shape index (κ3) is 1.54. The summed E-state index contributed by atoms with van der Waals surface area (Å²) in [5, 5.41) is 1.02. The van der Waals surface area contributed by atoms with Crippen molar-refractivity contribution in [2.45, 2.75) is 20.3 Å². The van der Waals surface area contributed by atoms with E-state index in [1.807, 2.05) is 38.1 Å². The molecule has 16 heavy (non-hydrogen) atoms. The Labute approximate surface area is 94.3 Å². The Morgan fingerprint density at radius 1 is 1.38 bits per heavy atom. The predicted molar refractivity (Wildman–Crippen MR) is 64.4 cm³/mol. The van der Waals surface area contributed by atoms with Crippen LogP contribution in [0, 0.1) is 6.92 Å². The molecule has 1 amide bonds. The number of nitrogens with zero attached hydrogens (tertiary/aromatic N) is 1. The van der Waals surface area contributed by atoms with Crippen molar-refractivity contribution < 1.29 is 4.79 Å². The summed E-state index contributed by atoms with van der Waals surface area (Å²) in [6.45, 7) is 3.85. The fraction of sp³-hybridized carbons (Fsp3) is 0.231. The highest BCUT2D eigenvalue weighted by Gasteiger charge is 2.14. The van der Waals surface area contributed by atoms with Gasteiger partial charge in [0.1, 0.15) is 0 Å². The van der Waals surface area contributed by atoms with Gasteiger partial charge in [-0.1, -0.05) is 25.1 Å². The van der Waals surface area contributed by atoms with Crippen LogP contribution in [0.4, 0.5) is 0 Å². The van der Waals surface area contributed by atoms with Crippen LogP contribution in [0.2, 0.25) is 0 Å². The second-order valence-corrected chi connectivity index (χ2v) is 3.79.